The molecule has 31 heavy (non-hydrogen) atoms. The molecule has 4 heterocycles. The van der Waals surface area contributed by atoms with E-state index in [-0.39, 0.29) is 18.4 Å². The van der Waals surface area contributed by atoms with Gasteiger partial charge in [-0.1, -0.05) is 6.42 Å². The molecular formula is C24H36N2O4S. The van der Waals surface area contributed by atoms with Crippen molar-refractivity contribution in [3.05, 3.63) is 34.2 Å². The zero-order valence-electron chi connectivity index (χ0n) is 18.4. The van der Waals surface area contributed by atoms with E-state index in [0.29, 0.717) is 31.2 Å². The summed E-state index contributed by atoms with van der Waals surface area (Å²) in [5.74, 6) is 0.569. The Hall–Kier alpha value is -1.41. The highest BCUT2D eigenvalue weighted by Crippen LogP contribution is 2.33. The van der Waals surface area contributed by atoms with Crippen molar-refractivity contribution in [1.29, 1.82) is 0 Å². The second-order valence-electron chi connectivity index (χ2n) is 8.90. The summed E-state index contributed by atoms with van der Waals surface area (Å²) in [6.07, 6.45) is 9.87. The number of carbonyl (C=O) groups excluding carboxylic acids is 1. The van der Waals surface area contributed by atoms with Crippen LogP contribution in [0.3, 0.4) is 0 Å². The number of carbonyl (C=O) groups is 1. The van der Waals surface area contributed by atoms with E-state index in [1.807, 2.05) is 11.0 Å². The van der Waals surface area contributed by atoms with Crippen molar-refractivity contribution in [1.82, 2.24) is 9.80 Å². The number of nitrogens with zero attached hydrogens (tertiary/aromatic N) is 2. The number of unbranched alkanes of at least 4 members (excludes halogenated alkanes) is 1. The van der Waals surface area contributed by atoms with Gasteiger partial charge in [0.15, 0.2) is 5.76 Å². The van der Waals surface area contributed by atoms with Crippen LogP contribution in [0.4, 0.5) is 0 Å². The number of hydrogen-bond donors (Lipinski definition) is 1. The molecule has 1 N–H and O–H groups in total. The second-order valence-corrected chi connectivity index (χ2v) is 9.68. The Morgan fingerprint density at radius 2 is 1.97 bits per heavy atom. The van der Waals surface area contributed by atoms with Crippen molar-refractivity contribution in [2.24, 2.45) is 0 Å². The van der Waals surface area contributed by atoms with E-state index in [9.17, 15) is 4.79 Å². The summed E-state index contributed by atoms with van der Waals surface area (Å²) >= 11 is 1.67. The number of piperidine rings is 2. The third kappa shape index (κ3) is 6.09. The smallest absolute Gasteiger partial charge is 0.288 e. The van der Waals surface area contributed by atoms with Crippen molar-refractivity contribution in [3.8, 4) is 0 Å². The summed E-state index contributed by atoms with van der Waals surface area (Å²) < 4.78 is 12.0. The minimum absolute atomic E-state index is 0.000909. The molecule has 2 fully saturated rings. The summed E-state index contributed by atoms with van der Waals surface area (Å²) in [4.78, 5) is 17.9. The van der Waals surface area contributed by atoms with Crippen molar-refractivity contribution in [2.45, 2.75) is 69.6 Å². The molecule has 0 aliphatic carbocycles. The predicted molar refractivity (Wildman–Crippen MR) is 122 cm³/mol. The Bertz CT molecular complexity index is 709. The Morgan fingerprint density at radius 1 is 1.16 bits per heavy atom. The van der Waals surface area contributed by atoms with Gasteiger partial charge in [0.1, 0.15) is 0 Å². The van der Waals surface area contributed by atoms with Gasteiger partial charge in [-0.05, 0) is 80.1 Å². The molecule has 6 nitrogen and oxygen atoms in total. The monoisotopic (exact) mass is 448 g/mol. The number of aliphatic hydroxyl groups is 1. The van der Waals surface area contributed by atoms with Gasteiger partial charge in [-0.25, -0.2) is 0 Å². The SMILES string of the molecule is O=C(C1=C[C@@H](c2ccsc2)C[C@@H](OCCCCO)O1)N1CCC(N2CCCCC2)CC1. The Morgan fingerprint density at radius 3 is 2.68 bits per heavy atom. The molecule has 0 saturated carbocycles. The van der Waals surface area contributed by atoms with E-state index in [4.69, 9.17) is 14.6 Å². The van der Waals surface area contributed by atoms with Gasteiger partial charge in [-0.15, -0.1) is 0 Å². The summed E-state index contributed by atoms with van der Waals surface area (Å²) in [7, 11) is 0. The molecule has 3 aliphatic rings. The van der Waals surface area contributed by atoms with E-state index in [2.05, 4.69) is 21.7 Å². The number of rotatable bonds is 8. The van der Waals surface area contributed by atoms with Crippen molar-refractivity contribution in [2.75, 3.05) is 39.4 Å². The molecule has 0 spiro atoms. The largest absolute Gasteiger partial charge is 0.459 e. The van der Waals surface area contributed by atoms with Crippen LogP contribution < -0.4 is 0 Å². The highest BCUT2D eigenvalue weighted by molar-refractivity contribution is 7.08. The zero-order chi connectivity index (χ0) is 21.5. The number of hydrogen-bond acceptors (Lipinski definition) is 6. The maximum Gasteiger partial charge on any atom is 0.288 e. The molecule has 1 amide bonds. The number of aliphatic hydroxyl groups excluding tert-OH is 1. The predicted octanol–water partition coefficient (Wildman–Crippen LogP) is 3.73. The topological polar surface area (TPSA) is 62.2 Å². The van der Waals surface area contributed by atoms with Gasteiger partial charge in [0.25, 0.3) is 5.91 Å². The number of amides is 1. The quantitative estimate of drug-likeness (QED) is 0.614. The average Bonchev–Trinajstić information content (AvgIpc) is 3.37. The van der Waals surface area contributed by atoms with E-state index >= 15 is 0 Å². The Kier molecular flexibility index (Phi) is 8.41. The Labute approximate surface area is 189 Å². The van der Waals surface area contributed by atoms with Crippen LogP contribution in [0, 0.1) is 0 Å². The summed E-state index contributed by atoms with van der Waals surface area (Å²) in [6, 6.07) is 2.73. The molecular weight excluding hydrogens is 412 g/mol. The molecule has 2 saturated heterocycles. The minimum Gasteiger partial charge on any atom is -0.459 e. The first-order valence-corrected chi connectivity index (χ1v) is 12.8. The van der Waals surface area contributed by atoms with E-state index in [1.54, 1.807) is 11.3 Å². The molecule has 3 aliphatic heterocycles. The number of ether oxygens (including phenoxy) is 2. The molecule has 1 aromatic heterocycles. The van der Waals surface area contributed by atoms with Crippen LogP contribution in [0.2, 0.25) is 0 Å². The van der Waals surface area contributed by atoms with Crippen LogP contribution in [-0.2, 0) is 14.3 Å². The average molecular weight is 449 g/mol. The fourth-order valence-corrected chi connectivity index (χ4v) is 5.66. The normalized spacial score (nSPS) is 25.8. The van der Waals surface area contributed by atoms with Gasteiger partial charge in [0.2, 0.25) is 6.29 Å². The fourth-order valence-electron chi connectivity index (χ4n) is 4.93. The summed E-state index contributed by atoms with van der Waals surface area (Å²) in [5, 5.41) is 13.2. The van der Waals surface area contributed by atoms with Gasteiger partial charge in [-0.2, -0.15) is 11.3 Å². The van der Waals surface area contributed by atoms with Crippen molar-refractivity contribution in [3.63, 3.8) is 0 Å². The third-order valence-corrected chi connectivity index (χ3v) is 7.46. The lowest BCUT2D eigenvalue weighted by atomic mass is 9.94. The van der Waals surface area contributed by atoms with Gasteiger partial charge in [0, 0.05) is 38.1 Å². The first-order chi connectivity index (χ1) is 15.2. The highest BCUT2D eigenvalue weighted by atomic mass is 32.1. The van der Waals surface area contributed by atoms with Crippen molar-refractivity contribution >= 4 is 17.2 Å². The maximum absolute atomic E-state index is 13.3. The fraction of sp³-hybridized carbons (Fsp3) is 0.708. The van der Waals surface area contributed by atoms with Gasteiger partial charge < -0.3 is 24.4 Å². The number of likely N-dealkylation sites (tertiary alicyclic amines) is 2. The van der Waals surface area contributed by atoms with Crippen LogP contribution in [-0.4, -0.2) is 72.5 Å². The zero-order valence-corrected chi connectivity index (χ0v) is 19.2. The molecule has 1 aromatic rings. The number of allylic oxidation sites excluding steroid dienone is 1. The van der Waals surface area contributed by atoms with Crippen LogP contribution in [0.5, 0.6) is 0 Å². The maximum atomic E-state index is 13.3. The van der Waals surface area contributed by atoms with Crippen LogP contribution in [0.15, 0.2) is 28.7 Å². The van der Waals surface area contributed by atoms with Crippen molar-refractivity contribution < 1.29 is 19.4 Å². The van der Waals surface area contributed by atoms with E-state index < -0.39 is 6.29 Å². The van der Waals surface area contributed by atoms with E-state index in [1.165, 1.54) is 37.9 Å². The lowest BCUT2D eigenvalue weighted by molar-refractivity contribution is -0.153. The lowest BCUT2D eigenvalue weighted by Gasteiger charge is -2.40. The molecule has 172 valence electrons. The molecule has 0 bridgehead atoms. The van der Waals surface area contributed by atoms with Gasteiger partial charge in [0.05, 0.1) is 6.61 Å². The third-order valence-electron chi connectivity index (χ3n) is 6.75. The highest BCUT2D eigenvalue weighted by Gasteiger charge is 2.33. The summed E-state index contributed by atoms with van der Waals surface area (Å²) in [5.41, 5.74) is 1.21. The second kappa shape index (κ2) is 11.5. The van der Waals surface area contributed by atoms with E-state index in [0.717, 1.165) is 32.4 Å². The van der Waals surface area contributed by atoms with Crippen LogP contribution in [0.1, 0.15) is 62.8 Å². The standard InChI is InChI=1S/C24H36N2O4S/c27-13-4-5-14-29-23-17-20(19-8-15-31-18-19)16-22(30-23)24(28)26-11-6-21(7-12-26)25-9-2-1-3-10-25/h8,15-16,18,20-21,23,27H,1-7,9-14,17H2/t20-,23+/m1/s1. The molecule has 0 radical (unpaired) electrons. The summed E-state index contributed by atoms with van der Waals surface area (Å²) in [6.45, 7) is 4.72. The molecule has 7 heteroatoms. The molecule has 0 unspecified atom stereocenters. The van der Waals surface area contributed by atoms with Gasteiger partial charge >= 0.3 is 0 Å². The Balaban J connectivity index is 1.36. The molecule has 4 rings (SSSR count). The molecule has 0 aromatic carbocycles. The first kappa shape index (κ1) is 22.8. The lowest BCUT2D eigenvalue weighted by Crippen LogP contribution is -2.49. The molecule has 2 atom stereocenters. The van der Waals surface area contributed by atoms with Crippen LogP contribution >= 0.6 is 11.3 Å². The minimum atomic E-state index is -0.418. The van der Waals surface area contributed by atoms with Crippen LogP contribution in [0.25, 0.3) is 0 Å². The first-order valence-electron chi connectivity index (χ1n) is 11.9. The van der Waals surface area contributed by atoms with Gasteiger partial charge in [-0.3, -0.25) is 4.79 Å². The number of thiophene rings is 1.